The van der Waals surface area contributed by atoms with Crippen LogP contribution in [0.5, 0.6) is 0 Å². The summed E-state index contributed by atoms with van der Waals surface area (Å²) in [6.07, 6.45) is 4.20. The molecule has 136 valence electrons. The molecule has 27 heavy (non-hydrogen) atoms. The smallest absolute Gasteiger partial charge is 0.239 e. The van der Waals surface area contributed by atoms with Crippen molar-refractivity contribution in [2.45, 2.75) is 12.1 Å². The van der Waals surface area contributed by atoms with Gasteiger partial charge in [-0.3, -0.25) is 14.5 Å². The van der Waals surface area contributed by atoms with Crippen molar-refractivity contribution >= 4 is 35.3 Å². The van der Waals surface area contributed by atoms with E-state index in [4.69, 9.17) is 0 Å². The van der Waals surface area contributed by atoms with Crippen molar-refractivity contribution < 1.29 is 9.59 Å². The summed E-state index contributed by atoms with van der Waals surface area (Å²) in [5.41, 5.74) is 1.80. The number of para-hydroxylation sites is 1. The summed E-state index contributed by atoms with van der Waals surface area (Å²) < 4.78 is 0. The third-order valence-corrected chi connectivity index (χ3v) is 6.88. The van der Waals surface area contributed by atoms with Gasteiger partial charge >= 0.3 is 0 Å². The number of fused-ring (bicyclic) bond motifs is 3. The number of hydrogen-bond donors (Lipinski definition) is 0. The fourth-order valence-corrected chi connectivity index (χ4v) is 5.93. The quantitative estimate of drug-likeness (QED) is 0.771. The summed E-state index contributed by atoms with van der Waals surface area (Å²) in [4.78, 5) is 30.3. The largest absolute Gasteiger partial charge is 0.282 e. The molecule has 0 saturated carbocycles. The molecule has 2 aromatic carbocycles. The van der Waals surface area contributed by atoms with Gasteiger partial charge < -0.3 is 0 Å². The van der Waals surface area contributed by atoms with Crippen LogP contribution in [-0.2, 0) is 9.59 Å². The minimum absolute atomic E-state index is 0.0274. The molecular formula is C22H20N2O2S. The lowest BCUT2D eigenvalue weighted by molar-refractivity contribution is -0.123. The Morgan fingerprint density at radius 3 is 2.30 bits per heavy atom. The average molecular weight is 376 g/mol. The lowest BCUT2D eigenvalue weighted by Crippen LogP contribution is -2.42. The first-order valence-corrected chi connectivity index (χ1v) is 10.4. The zero-order valence-corrected chi connectivity index (χ0v) is 15.6. The lowest BCUT2D eigenvalue weighted by atomic mass is 9.89. The fraction of sp³-hybridized carbons (Fsp3) is 0.273. The summed E-state index contributed by atoms with van der Waals surface area (Å²) in [5.74, 6) is 1.18. The van der Waals surface area contributed by atoms with Crippen molar-refractivity contribution in [2.75, 3.05) is 16.5 Å². The number of benzene rings is 2. The second-order valence-electron chi connectivity index (χ2n) is 7.24. The molecular weight excluding hydrogens is 356 g/mol. The number of anilines is 1. The van der Waals surface area contributed by atoms with Gasteiger partial charge in [0.15, 0.2) is 0 Å². The first-order valence-electron chi connectivity index (χ1n) is 9.25. The number of carbonyl (C=O) groups excluding carboxylic acids is 2. The normalized spacial score (nSPS) is 30.3. The summed E-state index contributed by atoms with van der Waals surface area (Å²) in [6, 6.07) is 19.6. The van der Waals surface area contributed by atoms with E-state index < -0.39 is 0 Å². The zero-order chi connectivity index (χ0) is 18.4. The molecule has 0 N–H and O–H groups in total. The number of thioether (sulfide) groups is 1. The Hall–Kier alpha value is -2.37. The molecule has 2 amide bonds. The Kier molecular flexibility index (Phi) is 4.14. The van der Waals surface area contributed by atoms with Crippen molar-refractivity contribution in [3.8, 4) is 0 Å². The summed E-state index contributed by atoms with van der Waals surface area (Å²) in [6.45, 7) is 0. The van der Waals surface area contributed by atoms with E-state index in [1.807, 2.05) is 60.3 Å². The van der Waals surface area contributed by atoms with E-state index in [-0.39, 0.29) is 35.7 Å². The van der Waals surface area contributed by atoms with Crippen molar-refractivity contribution in [1.29, 1.82) is 0 Å². The molecule has 3 heterocycles. The lowest BCUT2D eigenvalue weighted by Gasteiger charge is -2.25. The zero-order valence-electron chi connectivity index (χ0n) is 14.8. The van der Waals surface area contributed by atoms with E-state index in [1.165, 1.54) is 4.90 Å². The van der Waals surface area contributed by atoms with Crippen molar-refractivity contribution in [1.82, 2.24) is 4.90 Å². The Labute approximate surface area is 162 Å². The monoisotopic (exact) mass is 376 g/mol. The van der Waals surface area contributed by atoms with Gasteiger partial charge in [0.05, 0.1) is 17.5 Å². The molecule has 5 heteroatoms. The van der Waals surface area contributed by atoms with Crippen LogP contribution >= 0.6 is 11.8 Å². The van der Waals surface area contributed by atoms with E-state index in [0.29, 0.717) is 5.69 Å². The molecule has 0 aromatic heterocycles. The summed E-state index contributed by atoms with van der Waals surface area (Å²) in [7, 11) is 0. The van der Waals surface area contributed by atoms with Gasteiger partial charge in [-0.05, 0) is 17.7 Å². The molecule has 4 atom stereocenters. The van der Waals surface area contributed by atoms with Gasteiger partial charge in [0.1, 0.15) is 0 Å². The number of carbonyl (C=O) groups is 2. The highest BCUT2D eigenvalue weighted by Crippen LogP contribution is 2.48. The third-order valence-electron chi connectivity index (χ3n) is 5.82. The SMILES string of the molecule is O=C1[C@@H]2[C@H](C(=O)N1c1ccccc1)[C@H]1CSCN1[C@H]2/C=C/c1ccccc1. The third kappa shape index (κ3) is 2.65. The molecule has 0 unspecified atom stereocenters. The van der Waals surface area contributed by atoms with E-state index in [9.17, 15) is 9.59 Å². The van der Waals surface area contributed by atoms with Gasteiger partial charge in [-0.15, -0.1) is 11.8 Å². The van der Waals surface area contributed by atoms with Gasteiger partial charge in [0, 0.05) is 23.7 Å². The van der Waals surface area contributed by atoms with Crippen molar-refractivity contribution in [3.05, 3.63) is 72.3 Å². The van der Waals surface area contributed by atoms with E-state index in [0.717, 1.165) is 17.2 Å². The number of imide groups is 1. The number of amides is 2. The highest BCUT2D eigenvalue weighted by molar-refractivity contribution is 7.99. The maximum absolute atomic E-state index is 13.3. The predicted octanol–water partition coefficient (Wildman–Crippen LogP) is 3.26. The molecule has 3 fully saturated rings. The van der Waals surface area contributed by atoms with Crippen LogP contribution in [0, 0.1) is 11.8 Å². The fourth-order valence-electron chi connectivity index (χ4n) is 4.61. The Balaban J connectivity index is 1.51. The summed E-state index contributed by atoms with van der Waals surface area (Å²) in [5, 5.41) is 0. The molecule has 0 spiro atoms. The minimum atomic E-state index is -0.288. The number of rotatable bonds is 3. The molecule has 0 aliphatic carbocycles. The van der Waals surface area contributed by atoms with E-state index in [2.05, 4.69) is 29.2 Å². The number of nitrogens with zero attached hydrogens (tertiary/aromatic N) is 2. The van der Waals surface area contributed by atoms with Crippen molar-refractivity contribution in [3.63, 3.8) is 0 Å². The standard InChI is InChI=1S/C22H20N2O2S/c25-21-19-17(12-11-15-7-3-1-4-8-15)23-14-27-13-18(23)20(19)22(26)24(21)16-9-5-2-6-10-16/h1-12,17-20H,13-14H2/b12-11+/t17-,18+,19-,20+/m0/s1. The second kappa shape index (κ2) is 6.66. The molecule has 3 saturated heterocycles. The summed E-state index contributed by atoms with van der Waals surface area (Å²) >= 11 is 1.85. The molecule has 4 nitrogen and oxygen atoms in total. The van der Waals surface area contributed by atoms with Crippen LogP contribution < -0.4 is 4.90 Å². The first-order chi connectivity index (χ1) is 13.3. The van der Waals surface area contributed by atoms with Crippen LogP contribution in [0.15, 0.2) is 66.7 Å². The Morgan fingerprint density at radius 2 is 1.56 bits per heavy atom. The van der Waals surface area contributed by atoms with Gasteiger partial charge in [0.2, 0.25) is 11.8 Å². The second-order valence-corrected chi connectivity index (χ2v) is 8.24. The van der Waals surface area contributed by atoms with Gasteiger partial charge in [0.25, 0.3) is 0 Å². The topological polar surface area (TPSA) is 40.6 Å². The maximum atomic E-state index is 13.3. The van der Waals surface area contributed by atoms with Crippen LogP contribution in [0.2, 0.25) is 0 Å². The van der Waals surface area contributed by atoms with Crippen LogP contribution in [0.25, 0.3) is 6.08 Å². The van der Waals surface area contributed by atoms with Crippen LogP contribution in [0.4, 0.5) is 5.69 Å². The van der Waals surface area contributed by atoms with Crippen LogP contribution in [0.1, 0.15) is 5.56 Å². The minimum Gasteiger partial charge on any atom is -0.282 e. The van der Waals surface area contributed by atoms with Crippen LogP contribution in [-0.4, -0.2) is 40.4 Å². The first kappa shape index (κ1) is 16.8. The van der Waals surface area contributed by atoms with Crippen molar-refractivity contribution in [2.24, 2.45) is 11.8 Å². The Morgan fingerprint density at radius 1 is 0.889 bits per heavy atom. The average Bonchev–Trinajstić information content (AvgIpc) is 3.34. The molecule has 2 aromatic rings. The van der Waals surface area contributed by atoms with Gasteiger partial charge in [-0.25, -0.2) is 4.90 Å². The molecule has 0 radical (unpaired) electrons. The predicted molar refractivity (Wildman–Crippen MR) is 108 cm³/mol. The molecule has 3 aliphatic heterocycles. The molecule has 5 rings (SSSR count). The molecule has 0 bridgehead atoms. The highest BCUT2D eigenvalue weighted by atomic mass is 32.2. The molecule has 3 aliphatic rings. The van der Waals surface area contributed by atoms with Crippen LogP contribution in [0.3, 0.4) is 0 Å². The number of hydrogen-bond acceptors (Lipinski definition) is 4. The van der Waals surface area contributed by atoms with Gasteiger partial charge in [-0.1, -0.05) is 60.7 Å². The maximum Gasteiger partial charge on any atom is 0.239 e. The highest BCUT2D eigenvalue weighted by Gasteiger charge is 2.62. The van der Waals surface area contributed by atoms with E-state index in [1.54, 1.807) is 0 Å². The van der Waals surface area contributed by atoms with E-state index >= 15 is 0 Å². The Bertz CT molecular complexity index is 899. The van der Waals surface area contributed by atoms with Gasteiger partial charge in [-0.2, -0.15) is 0 Å².